The Morgan fingerprint density at radius 2 is 2.31 bits per heavy atom. The van der Waals surface area contributed by atoms with Gasteiger partial charge in [-0.1, -0.05) is 15.9 Å². The minimum atomic E-state index is -0.245. The summed E-state index contributed by atoms with van der Waals surface area (Å²) < 4.78 is 19.2. The lowest BCUT2D eigenvalue weighted by Gasteiger charge is -2.16. The van der Waals surface area contributed by atoms with E-state index in [0.29, 0.717) is 19.6 Å². The molecule has 0 aliphatic carbocycles. The maximum atomic E-state index is 13.0. The lowest BCUT2D eigenvalue weighted by atomic mass is 10.1. The highest BCUT2D eigenvalue weighted by atomic mass is 79.9. The number of benzene rings is 1. The van der Waals surface area contributed by atoms with Gasteiger partial charge < -0.3 is 4.74 Å². The second-order valence-corrected chi connectivity index (χ2v) is 4.32. The van der Waals surface area contributed by atoms with Gasteiger partial charge >= 0.3 is 0 Å². The molecule has 0 aliphatic rings. The number of hydrogen-bond acceptors (Lipinski definition) is 3. The summed E-state index contributed by atoms with van der Waals surface area (Å²) in [5.74, 6) is 5.17. The molecule has 3 N–H and O–H groups in total. The summed E-state index contributed by atoms with van der Waals surface area (Å²) in [5, 5.41) is 0. The Hall–Kier alpha value is -0.490. The number of hydrogen-bond donors (Lipinski definition) is 2. The van der Waals surface area contributed by atoms with Crippen LogP contribution >= 0.6 is 15.9 Å². The molecule has 0 aromatic heterocycles. The van der Waals surface area contributed by atoms with Crippen molar-refractivity contribution in [2.45, 2.75) is 19.4 Å². The summed E-state index contributed by atoms with van der Waals surface area (Å²) in [6.45, 7) is 3.07. The van der Waals surface area contributed by atoms with Crippen molar-refractivity contribution in [1.82, 2.24) is 5.43 Å². The first-order valence-corrected chi connectivity index (χ1v) is 5.94. The summed E-state index contributed by atoms with van der Waals surface area (Å²) in [6, 6.07) is 4.60. The van der Waals surface area contributed by atoms with Crippen LogP contribution < -0.4 is 11.3 Å². The molecule has 16 heavy (non-hydrogen) atoms. The standard InChI is InChI=1S/C11H16BrFN2O/c1-2-16-7-10(15-14)6-8-5-9(13)3-4-11(8)12/h3-5,10,15H,2,6-7,14H2,1H3. The second kappa shape index (κ2) is 6.96. The Kier molecular flexibility index (Phi) is 5.90. The first-order chi connectivity index (χ1) is 7.67. The normalized spacial score (nSPS) is 12.8. The molecule has 1 unspecified atom stereocenters. The van der Waals surface area contributed by atoms with Crippen molar-refractivity contribution in [3.05, 3.63) is 34.1 Å². The van der Waals surface area contributed by atoms with E-state index in [1.54, 1.807) is 6.07 Å². The van der Waals surface area contributed by atoms with Crippen LogP contribution in [0.2, 0.25) is 0 Å². The number of hydrazine groups is 1. The Morgan fingerprint density at radius 1 is 1.56 bits per heavy atom. The Bertz CT molecular complexity index is 336. The summed E-state index contributed by atoms with van der Waals surface area (Å²) in [4.78, 5) is 0. The second-order valence-electron chi connectivity index (χ2n) is 3.46. The van der Waals surface area contributed by atoms with Crippen LogP contribution in [0.4, 0.5) is 4.39 Å². The van der Waals surface area contributed by atoms with Crippen LogP contribution in [0, 0.1) is 5.82 Å². The number of nitrogens with two attached hydrogens (primary N) is 1. The van der Waals surface area contributed by atoms with Gasteiger partial charge in [-0.2, -0.15) is 0 Å². The molecule has 0 bridgehead atoms. The van der Waals surface area contributed by atoms with Gasteiger partial charge in [-0.15, -0.1) is 0 Å². The van der Waals surface area contributed by atoms with Crippen LogP contribution in [0.15, 0.2) is 22.7 Å². The zero-order chi connectivity index (χ0) is 12.0. The van der Waals surface area contributed by atoms with E-state index in [1.807, 2.05) is 6.92 Å². The van der Waals surface area contributed by atoms with Crippen LogP contribution in [0.25, 0.3) is 0 Å². The summed E-state index contributed by atoms with van der Waals surface area (Å²) >= 11 is 3.38. The summed E-state index contributed by atoms with van der Waals surface area (Å²) in [5.41, 5.74) is 3.54. The Morgan fingerprint density at radius 3 is 2.94 bits per heavy atom. The fraction of sp³-hybridized carbons (Fsp3) is 0.455. The van der Waals surface area contributed by atoms with Gasteiger partial charge in [0.2, 0.25) is 0 Å². The van der Waals surface area contributed by atoms with E-state index in [9.17, 15) is 4.39 Å². The summed E-state index contributed by atoms with van der Waals surface area (Å²) in [7, 11) is 0. The van der Waals surface area contributed by atoms with E-state index in [4.69, 9.17) is 10.6 Å². The third-order valence-corrected chi connectivity index (χ3v) is 3.01. The molecule has 0 fully saturated rings. The molecule has 3 nitrogen and oxygen atoms in total. The SMILES string of the molecule is CCOCC(Cc1cc(F)ccc1Br)NN. The predicted molar refractivity (Wildman–Crippen MR) is 65.4 cm³/mol. The molecule has 0 amide bonds. The number of halogens is 2. The smallest absolute Gasteiger partial charge is 0.123 e. The fourth-order valence-electron chi connectivity index (χ4n) is 1.39. The minimum Gasteiger partial charge on any atom is -0.380 e. The van der Waals surface area contributed by atoms with Crippen molar-refractivity contribution in [1.29, 1.82) is 0 Å². The van der Waals surface area contributed by atoms with Gasteiger partial charge in [-0.05, 0) is 37.1 Å². The maximum absolute atomic E-state index is 13.0. The molecule has 0 heterocycles. The average Bonchev–Trinajstić information content (AvgIpc) is 2.28. The van der Waals surface area contributed by atoms with E-state index < -0.39 is 0 Å². The highest BCUT2D eigenvalue weighted by Crippen LogP contribution is 2.19. The van der Waals surface area contributed by atoms with Crippen LogP contribution in [-0.2, 0) is 11.2 Å². The predicted octanol–water partition coefficient (Wildman–Crippen LogP) is 2.00. The van der Waals surface area contributed by atoms with Gasteiger partial charge in [0.1, 0.15) is 5.82 Å². The van der Waals surface area contributed by atoms with E-state index >= 15 is 0 Å². The van der Waals surface area contributed by atoms with Crippen molar-refractivity contribution in [2.75, 3.05) is 13.2 Å². The lowest BCUT2D eigenvalue weighted by molar-refractivity contribution is 0.122. The molecule has 0 aliphatic heterocycles. The molecular formula is C11H16BrFN2O. The van der Waals surface area contributed by atoms with E-state index in [1.165, 1.54) is 12.1 Å². The third kappa shape index (κ3) is 4.17. The van der Waals surface area contributed by atoms with Crippen molar-refractivity contribution in [3.63, 3.8) is 0 Å². The first kappa shape index (κ1) is 13.6. The van der Waals surface area contributed by atoms with E-state index in [-0.39, 0.29) is 11.9 Å². The van der Waals surface area contributed by atoms with Crippen molar-refractivity contribution >= 4 is 15.9 Å². The van der Waals surface area contributed by atoms with E-state index in [0.717, 1.165) is 10.0 Å². The fourth-order valence-corrected chi connectivity index (χ4v) is 1.80. The quantitative estimate of drug-likeness (QED) is 0.622. The van der Waals surface area contributed by atoms with Crippen LogP contribution in [0.1, 0.15) is 12.5 Å². The maximum Gasteiger partial charge on any atom is 0.123 e. The van der Waals surface area contributed by atoms with Crippen molar-refractivity contribution in [3.8, 4) is 0 Å². The van der Waals surface area contributed by atoms with Gasteiger partial charge in [0.15, 0.2) is 0 Å². The summed E-state index contributed by atoms with van der Waals surface area (Å²) in [6.07, 6.45) is 0.620. The van der Waals surface area contributed by atoms with Crippen molar-refractivity contribution in [2.24, 2.45) is 5.84 Å². The zero-order valence-corrected chi connectivity index (χ0v) is 10.8. The van der Waals surface area contributed by atoms with Gasteiger partial charge in [-0.3, -0.25) is 11.3 Å². The molecule has 5 heteroatoms. The highest BCUT2D eigenvalue weighted by Gasteiger charge is 2.10. The molecule has 0 saturated carbocycles. The number of nitrogens with one attached hydrogen (secondary N) is 1. The molecule has 0 spiro atoms. The molecule has 1 atom stereocenters. The molecular weight excluding hydrogens is 275 g/mol. The Labute approximate surface area is 103 Å². The first-order valence-electron chi connectivity index (χ1n) is 5.15. The molecule has 0 radical (unpaired) electrons. The highest BCUT2D eigenvalue weighted by molar-refractivity contribution is 9.10. The van der Waals surface area contributed by atoms with Crippen LogP contribution in [-0.4, -0.2) is 19.3 Å². The molecule has 1 aromatic carbocycles. The topological polar surface area (TPSA) is 47.3 Å². The average molecular weight is 291 g/mol. The van der Waals surface area contributed by atoms with Gasteiger partial charge in [0.25, 0.3) is 0 Å². The van der Waals surface area contributed by atoms with Gasteiger partial charge in [0.05, 0.1) is 6.61 Å². The Balaban J connectivity index is 2.65. The monoisotopic (exact) mass is 290 g/mol. The van der Waals surface area contributed by atoms with Gasteiger partial charge in [-0.25, -0.2) is 4.39 Å². The number of rotatable bonds is 6. The largest absolute Gasteiger partial charge is 0.380 e. The number of ether oxygens (including phenoxy) is 1. The zero-order valence-electron chi connectivity index (χ0n) is 9.17. The minimum absolute atomic E-state index is 0.0157. The molecule has 1 rings (SSSR count). The van der Waals surface area contributed by atoms with Gasteiger partial charge in [0, 0.05) is 17.1 Å². The lowest BCUT2D eigenvalue weighted by Crippen LogP contribution is -2.40. The molecule has 0 saturated heterocycles. The third-order valence-electron chi connectivity index (χ3n) is 2.23. The van der Waals surface area contributed by atoms with Crippen LogP contribution in [0.5, 0.6) is 0 Å². The molecule has 90 valence electrons. The van der Waals surface area contributed by atoms with Crippen LogP contribution in [0.3, 0.4) is 0 Å². The van der Waals surface area contributed by atoms with Crippen molar-refractivity contribution < 1.29 is 9.13 Å². The molecule has 1 aromatic rings. The van der Waals surface area contributed by atoms with E-state index in [2.05, 4.69) is 21.4 Å².